The fraction of sp³-hybridized carbons (Fsp3) is 0.474. The minimum atomic E-state index is 0.703. The van der Waals surface area contributed by atoms with Crippen LogP contribution < -0.4 is 15.0 Å². The maximum absolute atomic E-state index is 5.26. The van der Waals surface area contributed by atoms with Crippen LogP contribution in [0, 0.1) is 5.92 Å². The lowest BCUT2D eigenvalue weighted by molar-refractivity contribution is 0.414. The van der Waals surface area contributed by atoms with Crippen molar-refractivity contribution in [2.45, 2.75) is 26.2 Å². The Hall–Kier alpha value is -2.30. The Kier molecular flexibility index (Phi) is 5.51. The van der Waals surface area contributed by atoms with Crippen LogP contribution in [0.2, 0.25) is 0 Å². The fourth-order valence-electron chi connectivity index (χ4n) is 2.99. The first-order valence-electron chi connectivity index (χ1n) is 8.69. The number of aromatic nitrogens is 2. The van der Waals surface area contributed by atoms with Crippen LogP contribution in [0.1, 0.15) is 25.3 Å². The third kappa shape index (κ3) is 4.37. The maximum atomic E-state index is 5.26. The molecule has 128 valence electrons. The van der Waals surface area contributed by atoms with Gasteiger partial charge in [-0.1, -0.05) is 19.1 Å². The molecule has 24 heavy (non-hydrogen) atoms. The zero-order valence-electron chi connectivity index (χ0n) is 14.5. The summed E-state index contributed by atoms with van der Waals surface area (Å²) in [6.45, 7) is 5.29. The van der Waals surface area contributed by atoms with Crippen LogP contribution in [0.3, 0.4) is 0 Å². The lowest BCUT2D eigenvalue weighted by Gasteiger charge is -2.31. The number of anilines is 2. The molecule has 1 N–H and O–H groups in total. The lowest BCUT2D eigenvalue weighted by atomic mass is 9.99. The summed E-state index contributed by atoms with van der Waals surface area (Å²) in [5.74, 6) is 3.45. The van der Waals surface area contributed by atoms with Crippen molar-refractivity contribution in [3.05, 3.63) is 42.1 Å². The van der Waals surface area contributed by atoms with E-state index in [9.17, 15) is 0 Å². The van der Waals surface area contributed by atoms with Crippen molar-refractivity contribution in [1.82, 2.24) is 9.97 Å². The van der Waals surface area contributed by atoms with E-state index >= 15 is 0 Å². The molecule has 3 rings (SSSR count). The third-order valence-corrected chi connectivity index (χ3v) is 4.58. The van der Waals surface area contributed by atoms with Gasteiger partial charge in [0.2, 0.25) is 5.95 Å². The van der Waals surface area contributed by atoms with E-state index in [0.29, 0.717) is 5.95 Å². The minimum absolute atomic E-state index is 0.703. The molecule has 2 heterocycles. The average Bonchev–Trinajstić information content (AvgIpc) is 2.63. The van der Waals surface area contributed by atoms with Gasteiger partial charge < -0.3 is 15.0 Å². The number of piperidine rings is 1. The Labute approximate surface area is 144 Å². The molecule has 5 heteroatoms. The summed E-state index contributed by atoms with van der Waals surface area (Å²) < 4.78 is 5.26. The number of nitrogens with zero attached hydrogens (tertiary/aromatic N) is 3. The van der Waals surface area contributed by atoms with Crippen LogP contribution in [0.15, 0.2) is 36.5 Å². The molecule has 1 aromatic heterocycles. The molecule has 0 bridgehead atoms. The van der Waals surface area contributed by atoms with Crippen molar-refractivity contribution < 1.29 is 4.74 Å². The van der Waals surface area contributed by atoms with Crippen molar-refractivity contribution in [1.29, 1.82) is 0 Å². The first-order chi connectivity index (χ1) is 11.7. The molecule has 1 saturated heterocycles. The predicted octanol–water partition coefficient (Wildman–Crippen LogP) is 3.38. The van der Waals surface area contributed by atoms with Gasteiger partial charge in [-0.15, -0.1) is 0 Å². The number of rotatable bonds is 6. The Balaban J connectivity index is 1.54. The molecular formula is C19H26N4O. The topological polar surface area (TPSA) is 50.3 Å². The van der Waals surface area contributed by atoms with Gasteiger partial charge in [-0.2, -0.15) is 4.98 Å². The van der Waals surface area contributed by atoms with E-state index < -0.39 is 0 Å². The summed E-state index contributed by atoms with van der Waals surface area (Å²) in [6, 6.07) is 10.2. The summed E-state index contributed by atoms with van der Waals surface area (Å²) in [5, 5.41) is 3.33. The number of nitrogens with one attached hydrogen (secondary N) is 1. The van der Waals surface area contributed by atoms with Gasteiger partial charge in [0.15, 0.2) is 0 Å². The summed E-state index contributed by atoms with van der Waals surface area (Å²) in [4.78, 5) is 11.4. The summed E-state index contributed by atoms with van der Waals surface area (Å²) in [5.41, 5.74) is 1.24. The van der Waals surface area contributed by atoms with Crippen LogP contribution in [0.4, 0.5) is 11.8 Å². The molecule has 1 fully saturated rings. The van der Waals surface area contributed by atoms with Gasteiger partial charge in [0.05, 0.1) is 7.11 Å². The fourth-order valence-corrected chi connectivity index (χ4v) is 2.99. The van der Waals surface area contributed by atoms with Gasteiger partial charge >= 0.3 is 0 Å². The minimum Gasteiger partial charge on any atom is -0.497 e. The van der Waals surface area contributed by atoms with Crippen LogP contribution in [0.5, 0.6) is 5.75 Å². The van der Waals surface area contributed by atoms with Crippen LogP contribution in [-0.4, -0.2) is 36.7 Å². The smallest absolute Gasteiger partial charge is 0.224 e. The number of ether oxygens (including phenoxy) is 1. The molecule has 1 aliphatic rings. The monoisotopic (exact) mass is 326 g/mol. The molecule has 5 nitrogen and oxygen atoms in total. The SMILES string of the molecule is COc1cccc(CCNc2nccc(N3CCC(C)CC3)n2)c1. The zero-order chi connectivity index (χ0) is 16.8. The van der Waals surface area contributed by atoms with E-state index in [2.05, 4.69) is 39.2 Å². The van der Waals surface area contributed by atoms with Gasteiger partial charge in [0.25, 0.3) is 0 Å². The second-order valence-electron chi connectivity index (χ2n) is 6.44. The van der Waals surface area contributed by atoms with Gasteiger partial charge in [0.1, 0.15) is 11.6 Å². The molecule has 0 unspecified atom stereocenters. The van der Waals surface area contributed by atoms with Crippen molar-refractivity contribution in [2.75, 3.05) is 37.0 Å². The van der Waals surface area contributed by atoms with E-state index in [1.807, 2.05) is 24.4 Å². The largest absolute Gasteiger partial charge is 0.497 e. The molecule has 0 saturated carbocycles. The van der Waals surface area contributed by atoms with E-state index in [1.54, 1.807) is 7.11 Å². The van der Waals surface area contributed by atoms with E-state index in [-0.39, 0.29) is 0 Å². The highest BCUT2D eigenvalue weighted by molar-refractivity contribution is 5.43. The second-order valence-corrected chi connectivity index (χ2v) is 6.44. The number of hydrogen-bond acceptors (Lipinski definition) is 5. The molecule has 0 spiro atoms. The maximum Gasteiger partial charge on any atom is 0.224 e. The van der Waals surface area contributed by atoms with Gasteiger partial charge in [-0.25, -0.2) is 4.98 Å². The quantitative estimate of drug-likeness (QED) is 0.882. The zero-order valence-corrected chi connectivity index (χ0v) is 14.5. The summed E-state index contributed by atoms with van der Waals surface area (Å²) >= 11 is 0. The first kappa shape index (κ1) is 16.6. The third-order valence-electron chi connectivity index (χ3n) is 4.58. The highest BCUT2D eigenvalue weighted by atomic mass is 16.5. The Morgan fingerprint density at radius 3 is 2.88 bits per heavy atom. The van der Waals surface area contributed by atoms with Gasteiger partial charge in [-0.05, 0) is 48.9 Å². The normalized spacial score (nSPS) is 15.3. The number of hydrogen-bond donors (Lipinski definition) is 1. The molecule has 0 atom stereocenters. The molecule has 1 aliphatic heterocycles. The molecule has 0 amide bonds. The molecule has 2 aromatic rings. The van der Waals surface area contributed by atoms with Crippen LogP contribution in [-0.2, 0) is 6.42 Å². The van der Waals surface area contributed by atoms with Gasteiger partial charge in [-0.3, -0.25) is 0 Å². The first-order valence-corrected chi connectivity index (χ1v) is 8.69. The molecule has 0 radical (unpaired) electrons. The van der Waals surface area contributed by atoms with Crippen LogP contribution in [0.25, 0.3) is 0 Å². The van der Waals surface area contributed by atoms with E-state index in [1.165, 1.54) is 18.4 Å². The Morgan fingerprint density at radius 2 is 2.08 bits per heavy atom. The number of benzene rings is 1. The van der Waals surface area contributed by atoms with Gasteiger partial charge in [0, 0.05) is 25.8 Å². The second kappa shape index (κ2) is 7.99. The van der Waals surface area contributed by atoms with E-state index in [4.69, 9.17) is 4.74 Å². The van der Waals surface area contributed by atoms with Crippen molar-refractivity contribution in [3.63, 3.8) is 0 Å². The van der Waals surface area contributed by atoms with Crippen LogP contribution >= 0.6 is 0 Å². The lowest BCUT2D eigenvalue weighted by Crippen LogP contribution is -2.33. The average molecular weight is 326 g/mol. The summed E-state index contributed by atoms with van der Waals surface area (Å²) in [7, 11) is 1.69. The standard InChI is InChI=1S/C19H26N4O/c1-15-8-12-23(13-9-15)18-7-11-21-19(22-18)20-10-6-16-4-3-5-17(14-16)24-2/h3-5,7,11,14-15H,6,8-10,12-13H2,1-2H3,(H,20,21,22). The van der Waals surface area contributed by atoms with Crippen molar-refractivity contribution in [3.8, 4) is 5.75 Å². The predicted molar refractivity (Wildman–Crippen MR) is 97.8 cm³/mol. The highest BCUT2D eigenvalue weighted by Crippen LogP contribution is 2.21. The highest BCUT2D eigenvalue weighted by Gasteiger charge is 2.17. The molecular weight excluding hydrogens is 300 g/mol. The molecule has 0 aliphatic carbocycles. The molecule has 1 aromatic carbocycles. The Bertz CT molecular complexity index is 653. The van der Waals surface area contributed by atoms with Crippen molar-refractivity contribution >= 4 is 11.8 Å². The van der Waals surface area contributed by atoms with Crippen molar-refractivity contribution in [2.24, 2.45) is 5.92 Å². The number of methoxy groups -OCH3 is 1. The van der Waals surface area contributed by atoms with E-state index in [0.717, 1.165) is 43.5 Å². The Morgan fingerprint density at radius 1 is 1.25 bits per heavy atom. The summed E-state index contributed by atoms with van der Waals surface area (Å²) in [6.07, 6.45) is 5.23.